The molecule has 14 heavy (non-hydrogen) atoms. The Labute approximate surface area is 92.5 Å². The summed E-state index contributed by atoms with van der Waals surface area (Å²) < 4.78 is 0. The van der Waals surface area contributed by atoms with E-state index in [1.54, 1.807) is 0 Å². The fraction of sp³-hybridized carbons (Fsp3) is 1.00. The van der Waals surface area contributed by atoms with E-state index in [0.717, 1.165) is 5.92 Å². The molecule has 0 bridgehead atoms. The molecule has 0 aliphatic heterocycles. The molecule has 0 spiro atoms. The van der Waals surface area contributed by atoms with Crippen LogP contribution in [0.5, 0.6) is 0 Å². The Morgan fingerprint density at radius 2 is 0.929 bits per heavy atom. The van der Waals surface area contributed by atoms with Gasteiger partial charge < -0.3 is 0 Å². The van der Waals surface area contributed by atoms with Crippen molar-refractivity contribution in [2.24, 2.45) is 16.7 Å². The first kappa shape index (κ1) is 16.4. The Morgan fingerprint density at radius 3 is 1.07 bits per heavy atom. The lowest BCUT2D eigenvalue weighted by molar-refractivity contribution is 0.233. The molecular weight excluding hydrogens is 168 g/mol. The molecule has 0 heteroatoms. The van der Waals surface area contributed by atoms with Crippen LogP contribution in [0, 0.1) is 16.7 Å². The van der Waals surface area contributed by atoms with Crippen LogP contribution in [0.15, 0.2) is 0 Å². The maximum atomic E-state index is 2.37. The molecule has 0 atom stereocenters. The van der Waals surface area contributed by atoms with Crippen molar-refractivity contribution in [2.45, 2.75) is 75.2 Å². The van der Waals surface area contributed by atoms with E-state index in [1.165, 1.54) is 12.8 Å². The van der Waals surface area contributed by atoms with Gasteiger partial charge in [0, 0.05) is 0 Å². The second-order valence-corrected chi connectivity index (χ2v) is 6.63. The van der Waals surface area contributed by atoms with Gasteiger partial charge in [0.05, 0.1) is 0 Å². The van der Waals surface area contributed by atoms with Gasteiger partial charge in [-0.2, -0.15) is 0 Å². The fourth-order valence-corrected chi connectivity index (χ4v) is 2.16. The highest BCUT2D eigenvalue weighted by Crippen LogP contribution is 2.32. The van der Waals surface area contributed by atoms with Crippen molar-refractivity contribution in [1.29, 1.82) is 0 Å². The second-order valence-electron chi connectivity index (χ2n) is 6.63. The summed E-state index contributed by atoms with van der Waals surface area (Å²) in [4.78, 5) is 0. The van der Waals surface area contributed by atoms with Crippen molar-refractivity contribution in [3.63, 3.8) is 0 Å². The third-order valence-corrected chi connectivity index (χ3v) is 1.92. The minimum Gasteiger partial charge on any atom is -0.0683 e. The fourth-order valence-electron chi connectivity index (χ4n) is 2.16. The molecule has 0 N–H and O–H groups in total. The molecule has 0 aromatic rings. The molecular formula is C14H32. The third-order valence-electron chi connectivity index (χ3n) is 1.92. The Morgan fingerprint density at radius 1 is 0.714 bits per heavy atom. The van der Waals surface area contributed by atoms with Crippen LogP contribution in [-0.2, 0) is 0 Å². The first-order chi connectivity index (χ1) is 6.10. The minimum atomic E-state index is 0.491. The van der Waals surface area contributed by atoms with Crippen LogP contribution in [-0.4, -0.2) is 0 Å². The standard InChI is InChI=1S/C12H26.C2H6/c1-10(8-11(2,3)4)9-12(5,6)7;1-2/h10H,8-9H2,1-7H3;1-2H3. The van der Waals surface area contributed by atoms with Crippen LogP contribution in [0.2, 0.25) is 0 Å². The molecule has 0 saturated carbocycles. The number of hydrogen-bond donors (Lipinski definition) is 0. The molecule has 0 amide bonds. The van der Waals surface area contributed by atoms with Crippen LogP contribution in [0.3, 0.4) is 0 Å². The van der Waals surface area contributed by atoms with E-state index in [-0.39, 0.29) is 0 Å². The van der Waals surface area contributed by atoms with Gasteiger partial charge in [-0.3, -0.25) is 0 Å². The zero-order chi connectivity index (χ0) is 12.0. The monoisotopic (exact) mass is 200 g/mol. The highest BCUT2D eigenvalue weighted by molar-refractivity contribution is 4.71. The molecule has 0 fully saturated rings. The van der Waals surface area contributed by atoms with Crippen LogP contribution in [0.1, 0.15) is 75.2 Å². The lowest BCUT2D eigenvalue weighted by atomic mass is 9.78. The molecule has 0 saturated heterocycles. The van der Waals surface area contributed by atoms with Crippen molar-refractivity contribution < 1.29 is 0 Å². The summed E-state index contributed by atoms with van der Waals surface area (Å²) in [6, 6.07) is 0. The molecule has 88 valence electrons. The highest BCUT2D eigenvalue weighted by atomic mass is 14.3. The summed E-state index contributed by atoms with van der Waals surface area (Å²) >= 11 is 0. The molecule has 0 aliphatic carbocycles. The van der Waals surface area contributed by atoms with E-state index in [9.17, 15) is 0 Å². The summed E-state index contributed by atoms with van der Waals surface area (Å²) in [5, 5.41) is 0. The summed E-state index contributed by atoms with van der Waals surface area (Å²) in [5.74, 6) is 0.852. The van der Waals surface area contributed by atoms with Gasteiger partial charge in [-0.25, -0.2) is 0 Å². The summed E-state index contributed by atoms with van der Waals surface area (Å²) in [7, 11) is 0. The Balaban J connectivity index is 0. The van der Waals surface area contributed by atoms with Crippen LogP contribution in [0.4, 0.5) is 0 Å². The first-order valence-electron chi connectivity index (χ1n) is 6.10. The van der Waals surface area contributed by atoms with Crippen molar-refractivity contribution >= 4 is 0 Å². The van der Waals surface area contributed by atoms with Crippen LogP contribution < -0.4 is 0 Å². The van der Waals surface area contributed by atoms with Crippen molar-refractivity contribution in [2.75, 3.05) is 0 Å². The van der Waals surface area contributed by atoms with E-state index in [0.29, 0.717) is 10.8 Å². The highest BCUT2D eigenvalue weighted by Gasteiger charge is 2.20. The lowest BCUT2D eigenvalue weighted by Gasteiger charge is -2.28. The lowest BCUT2D eigenvalue weighted by Crippen LogP contribution is -2.16. The minimum absolute atomic E-state index is 0.491. The van der Waals surface area contributed by atoms with E-state index in [2.05, 4.69) is 48.5 Å². The van der Waals surface area contributed by atoms with Gasteiger partial charge in [0.15, 0.2) is 0 Å². The van der Waals surface area contributed by atoms with E-state index >= 15 is 0 Å². The van der Waals surface area contributed by atoms with Crippen molar-refractivity contribution in [3.05, 3.63) is 0 Å². The maximum absolute atomic E-state index is 2.37. The molecule has 0 aromatic carbocycles. The SMILES string of the molecule is CC.CC(CC(C)(C)C)CC(C)(C)C. The molecule has 0 radical (unpaired) electrons. The van der Waals surface area contributed by atoms with Gasteiger partial charge in [0.2, 0.25) is 0 Å². The van der Waals surface area contributed by atoms with Gasteiger partial charge in [0.1, 0.15) is 0 Å². The quantitative estimate of drug-likeness (QED) is 0.550. The van der Waals surface area contributed by atoms with Gasteiger partial charge in [-0.15, -0.1) is 0 Å². The molecule has 0 rings (SSSR count). The predicted octanol–water partition coefficient (Wildman–Crippen LogP) is 5.52. The van der Waals surface area contributed by atoms with Crippen molar-refractivity contribution in [1.82, 2.24) is 0 Å². The Kier molecular flexibility index (Phi) is 7.60. The normalized spacial score (nSPS) is 12.4. The molecule has 0 aliphatic rings. The third kappa shape index (κ3) is 14.5. The van der Waals surface area contributed by atoms with Gasteiger partial charge >= 0.3 is 0 Å². The largest absolute Gasteiger partial charge is 0.0683 e. The summed E-state index contributed by atoms with van der Waals surface area (Å²) in [6.07, 6.45) is 2.68. The van der Waals surface area contributed by atoms with Gasteiger partial charge in [-0.05, 0) is 29.6 Å². The zero-order valence-corrected chi connectivity index (χ0v) is 12.0. The Bertz CT molecular complexity index is 104. The average molecular weight is 200 g/mol. The Hall–Kier alpha value is 0. The predicted molar refractivity (Wildman–Crippen MR) is 68.7 cm³/mol. The smallest absolute Gasteiger partial charge is 0.0380 e. The number of rotatable bonds is 2. The van der Waals surface area contributed by atoms with E-state index < -0.39 is 0 Å². The maximum Gasteiger partial charge on any atom is -0.0380 e. The molecule has 0 heterocycles. The van der Waals surface area contributed by atoms with Crippen molar-refractivity contribution in [3.8, 4) is 0 Å². The summed E-state index contributed by atoms with van der Waals surface area (Å²) in [6.45, 7) is 20.3. The van der Waals surface area contributed by atoms with E-state index in [4.69, 9.17) is 0 Å². The van der Waals surface area contributed by atoms with Crippen LogP contribution >= 0.6 is 0 Å². The second kappa shape index (κ2) is 6.48. The summed E-state index contributed by atoms with van der Waals surface area (Å²) in [5.41, 5.74) is 0.981. The molecule has 0 nitrogen and oxygen atoms in total. The average Bonchev–Trinajstić information content (AvgIpc) is 1.82. The van der Waals surface area contributed by atoms with E-state index in [1.807, 2.05) is 13.8 Å². The number of hydrogen-bond acceptors (Lipinski definition) is 0. The topological polar surface area (TPSA) is 0 Å². The van der Waals surface area contributed by atoms with Gasteiger partial charge in [-0.1, -0.05) is 62.3 Å². The molecule has 0 unspecified atom stereocenters. The van der Waals surface area contributed by atoms with Gasteiger partial charge in [0.25, 0.3) is 0 Å². The molecule has 0 aromatic heterocycles. The zero-order valence-electron chi connectivity index (χ0n) is 12.0. The van der Waals surface area contributed by atoms with Crippen LogP contribution in [0.25, 0.3) is 0 Å². The first-order valence-corrected chi connectivity index (χ1v) is 6.10.